The van der Waals surface area contributed by atoms with Crippen LogP contribution in [-0.4, -0.2) is 22.1 Å². The molecule has 0 spiro atoms. The van der Waals surface area contributed by atoms with Gasteiger partial charge in [-0.05, 0) is 37.1 Å². The summed E-state index contributed by atoms with van der Waals surface area (Å²) in [6.07, 6.45) is 0. The van der Waals surface area contributed by atoms with Gasteiger partial charge in [0.1, 0.15) is 5.75 Å². The van der Waals surface area contributed by atoms with Gasteiger partial charge >= 0.3 is 0 Å². The van der Waals surface area contributed by atoms with Gasteiger partial charge in [0, 0.05) is 6.54 Å². The Labute approximate surface area is 96.7 Å². The van der Waals surface area contributed by atoms with E-state index in [-0.39, 0.29) is 0 Å². The van der Waals surface area contributed by atoms with E-state index in [4.69, 9.17) is 4.74 Å². The van der Waals surface area contributed by atoms with Crippen LogP contribution >= 0.6 is 0 Å². The molecule has 4 nitrogen and oxygen atoms in total. The minimum absolute atomic E-state index is 0.313. The van der Waals surface area contributed by atoms with Gasteiger partial charge in [-0.2, -0.15) is 0 Å². The lowest BCUT2D eigenvalue weighted by molar-refractivity contribution is 0.411. The van der Waals surface area contributed by atoms with Crippen LogP contribution in [0, 0.1) is 13.8 Å². The van der Waals surface area contributed by atoms with Crippen LogP contribution in [0.25, 0.3) is 0 Å². The lowest BCUT2D eigenvalue weighted by atomic mass is 10.1. The summed E-state index contributed by atoms with van der Waals surface area (Å²) in [4.78, 5) is 0.313. The first-order valence-electron chi connectivity index (χ1n) is 5.07. The van der Waals surface area contributed by atoms with Crippen molar-refractivity contribution in [3.8, 4) is 5.75 Å². The SMILES string of the molecule is CCNS(=O)(=O)c1cc(C)c(OC)cc1C. The second kappa shape index (κ2) is 4.84. The number of benzene rings is 1. The summed E-state index contributed by atoms with van der Waals surface area (Å²) >= 11 is 0. The van der Waals surface area contributed by atoms with Crippen molar-refractivity contribution in [2.75, 3.05) is 13.7 Å². The molecule has 5 heteroatoms. The zero-order valence-electron chi connectivity index (χ0n) is 9.99. The fraction of sp³-hybridized carbons (Fsp3) is 0.455. The van der Waals surface area contributed by atoms with Crippen molar-refractivity contribution in [1.82, 2.24) is 4.72 Å². The molecule has 0 unspecified atom stereocenters. The van der Waals surface area contributed by atoms with E-state index in [2.05, 4.69) is 4.72 Å². The molecular weight excluding hydrogens is 226 g/mol. The standard InChI is InChI=1S/C11H17NO3S/c1-5-12-16(13,14)11-7-8(2)10(15-4)6-9(11)3/h6-7,12H,5H2,1-4H3. The Bertz CT molecular complexity index is 480. The highest BCUT2D eigenvalue weighted by atomic mass is 32.2. The molecule has 0 aromatic heterocycles. The molecule has 0 aliphatic carbocycles. The van der Waals surface area contributed by atoms with Crippen LogP contribution in [0.3, 0.4) is 0 Å². The van der Waals surface area contributed by atoms with Crippen LogP contribution in [0.2, 0.25) is 0 Å². The highest BCUT2D eigenvalue weighted by molar-refractivity contribution is 7.89. The normalized spacial score (nSPS) is 11.5. The van der Waals surface area contributed by atoms with Gasteiger partial charge in [-0.15, -0.1) is 0 Å². The fourth-order valence-electron chi connectivity index (χ4n) is 1.54. The van der Waals surface area contributed by atoms with Crippen molar-refractivity contribution in [1.29, 1.82) is 0 Å². The van der Waals surface area contributed by atoms with Crippen LogP contribution in [0.5, 0.6) is 5.75 Å². The third-order valence-electron chi connectivity index (χ3n) is 2.32. The van der Waals surface area contributed by atoms with E-state index in [0.717, 1.165) is 5.56 Å². The predicted molar refractivity (Wildman–Crippen MR) is 63.3 cm³/mol. The summed E-state index contributed by atoms with van der Waals surface area (Å²) in [7, 11) is -1.82. The first-order chi connectivity index (χ1) is 7.42. The van der Waals surface area contributed by atoms with E-state index in [1.54, 1.807) is 33.1 Å². The monoisotopic (exact) mass is 243 g/mol. The summed E-state index contributed by atoms with van der Waals surface area (Å²) in [5.41, 5.74) is 1.49. The second-order valence-corrected chi connectivity index (χ2v) is 5.32. The maximum Gasteiger partial charge on any atom is 0.240 e. The summed E-state index contributed by atoms with van der Waals surface area (Å²) < 4.78 is 31.3. The Morgan fingerprint density at radius 2 is 1.88 bits per heavy atom. The molecule has 0 amide bonds. The van der Waals surface area contributed by atoms with Crippen LogP contribution in [0.1, 0.15) is 18.1 Å². The third-order valence-corrected chi connectivity index (χ3v) is 4.00. The molecule has 0 fully saturated rings. The third kappa shape index (κ3) is 2.54. The van der Waals surface area contributed by atoms with Crippen molar-refractivity contribution in [3.05, 3.63) is 23.3 Å². The van der Waals surface area contributed by atoms with E-state index in [0.29, 0.717) is 22.8 Å². The van der Waals surface area contributed by atoms with E-state index < -0.39 is 10.0 Å². The van der Waals surface area contributed by atoms with Gasteiger partial charge in [0.15, 0.2) is 0 Å². The highest BCUT2D eigenvalue weighted by Crippen LogP contribution is 2.25. The number of ether oxygens (including phenoxy) is 1. The summed E-state index contributed by atoms with van der Waals surface area (Å²) in [5, 5.41) is 0. The quantitative estimate of drug-likeness (QED) is 0.874. The Kier molecular flexibility index (Phi) is 3.93. The molecule has 1 N–H and O–H groups in total. The minimum Gasteiger partial charge on any atom is -0.496 e. The molecule has 0 heterocycles. The molecule has 0 atom stereocenters. The van der Waals surface area contributed by atoms with Gasteiger partial charge in [0.25, 0.3) is 0 Å². The van der Waals surface area contributed by atoms with Gasteiger partial charge < -0.3 is 4.74 Å². The van der Waals surface area contributed by atoms with E-state index in [1.165, 1.54) is 0 Å². The zero-order valence-corrected chi connectivity index (χ0v) is 10.8. The van der Waals surface area contributed by atoms with Gasteiger partial charge in [-0.25, -0.2) is 13.1 Å². The average molecular weight is 243 g/mol. The average Bonchev–Trinajstić information content (AvgIpc) is 2.20. The number of rotatable bonds is 4. The Balaban J connectivity index is 3.31. The van der Waals surface area contributed by atoms with Crippen molar-refractivity contribution in [3.63, 3.8) is 0 Å². The molecule has 0 saturated carbocycles. The Morgan fingerprint density at radius 3 is 2.38 bits per heavy atom. The lowest BCUT2D eigenvalue weighted by Crippen LogP contribution is -2.24. The Morgan fingerprint density at radius 1 is 1.25 bits per heavy atom. The molecule has 0 aliphatic heterocycles. The van der Waals surface area contributed by atoms with E-state index in [1.807, 2.05) is 6.92 Å². The number of aryl methyl sites for hydroxylation is 2. The van der Waals surface area contributed by atoms with E-state index >= 15 is 0 Å². The second-order valence-electron chi connectivity index (χ2n) is 3.59. The largest absolute Gasteiger partial charge is 0.496 e. The number of hydrogen-bond acceptors (Lipinski definition) is 3. The van der Waals surface area contributed by atoms with Crippen LogP contribution in [-0.2, 0) is 10.0 Å². The maximum absolute atomic E-state index is 11.9. The van der Waals surface area contributed by atoms with Gasteiger partial charge in [0.05, 0.1) is 12.0 Å². The highest BCUT2D eigenvalue weighted by Gasteiger charge is 2.17. The molecule has 90 valence electrons. The maximum atomic E-state index is 11.9. The lowest BCUT2D eigenvalue weighted by Gasteiger charge is -2.11. The number of sulfonamides is 1. The topological polar surface area (TPSA) is 55.4 Å². The van der Waals surface area contributed by atoms with Crippen molar-refractivity contribution in [2.24, 2.45) is 0 Å². The molecular formula is C11H17NO3S. The van der Waals surface area contributed by atoms with Crippen LogP contribution in [0.4, 0.5) is 0 Å². The first-order valence-corrected chi connectivity index (χ1v) is 6.55. The summed E-state index contributed by atoms with van der Waals surface area (Å²) in [6, 6.07) is 3.37. The number of hydrogen-bond donors (Lipinski definition) is 1. The predicted octanol–water partition coefficient (Wildman–Crippen LogP) is 1.61. The summed E-state index contributed by atoms with van der Waals surface area (Å²) in [6.45, 7) is 5.71. The smallest absolute Gasteiger partial charge is 0.240 e. The molecule has 16 heavy (non-hydrogen) atoms. The molecule has 1 rings (SSSR count). The first kappa shape index (κ1) is 13.0. The zero-order chi connectivity index (χ0) is 12.3. The Hall–Kier alpha value is -1.07. The van der Waals surface area contributed by atoms with Gasteiger partial charge in [-0.1, -0.05) is 6.92 Å². The molecule has 0 radical (unpaired) electrons. The fourth-order valence-corrected chi connectivity index (χ4v) is 2.89. The number of nitrogens with one attached hydrogen (secondary N) is 1. The van der Waals surface area contributed by atoms with Crippen LogP contribution in [0.15, 0.2) is 17.0 Å². The molecule has 0 aliphatic rings. The summed E-state index contributed by atoms with van der Waals surface area (Å²) in [5.74, 6) is 0.702. The van der Waals surface area contributed by atoms with Crippen molar-refractivity contribution >= 4 is 10.0 Å². The van der Waals surface area contributed by atoms with Gasteiger partial charge in [0.2, 0.25) is 10.0 Å². The molecule has 1 aromatic carbocycles. The minimum atomic E-state index is -3.39. The molecule has 0 bridgehead atoms. The molecule has 1 aromatic rings. The van der Waals surface area contributed by atoms with Gasteiger partial charge in [-0.3, -0.25) is 0 Å². The number of methoxy groups -OCH3 is 1. The van der Waals surface area contributed by atoms with E-state index in [9.17, 15) is 8.42 Å². The van der Waals surface area contributed by atoms with Crippen molar-refractivity contribution in [2.45, 2.75) is 25.7 Å². The van der Waals surface area contributed by atoms with Crippen LogP contribution < -0.4 is 9.46 Å². The molecule has 0 saturated heterocycles. The van der Waals surface area contributed by atoms with Crippen molar-refractivity contribution < 1.29 is 13.2 Å².